The Hall–Kier alpha value is -3.67. The molecule has 6 nitrogen and oxygen atoms in total. The Balaban J connectivity index is 1.46. The van der Waals surface area contributed by atoms with Crippen LogP contribution in [0.2, 0.25) is 0 Å². The molecule has 1 amide bonds. The largest absolute Gasteiger partial charge is 0.441 e. The maximum atomic E-state index is 12.7. The standard InChI is InChI=1S/C24H24N4O2/c1-3-21(18-8-5-4-6-9-18)23(29)26-20-12-10-19(11-13-20)24-27-22(17(2)30-24)16-28-15-7-14-25-28/h4-15,21H,3,16H2,1-2H3,(H,26,29)/t21-/m0/s1. The van der Waals surface area contributed by atoms with E-state index >= 15 is 0 Å². The third-order valence-electron chi connectivity index (χ3n) is 5.09. The van der Waals surface area contributed by atoms with Crippen molar-refractivity contribution in [3.8, 4) is 11.5 Å². The second-order valence-electron chi connectivity index (χ2n) is 7.16. The lowest BCUT2D eigenvalue weighted by Crippen LogP contribution is -2.20. The van der Waals surface area contributed by atoms with Crippen molar-refractivity contribution in [3.05, 3.63) is 90.1 Å². The van der Waals surface area contributed by atoms with E-state index in [1.807, 2.05) is 85.4 Å². The maximum Gasteiger partial charge on any atom is 0.231 e. The average molecular weight is 400 g/mol. The van der Waals surface area contributed by atoms with Gasteiger partial charge >= 0.3 is 0 Å². The number of rotatable bonds is 7. The first-order chi connectivity index (χ1) is 14.6. The zero-order valence-electron chi connectivity index (χ0n) is 17.1. The summed E-state index contributed by atoms with van der Waals surface area (Å²) in [4.78, 5) is 17.4. The number of anilines is 1. The van der Waals surface area contributed by atoms with Gasteiger partial charge in [-0.05, 0) is 49.2 Å². The Morgan fingerprint density at radius 1 is 1.10 bits per heavy atom. The topological polar surface area (TPSA) is 73.0 Å². The van der Waals surface area contributed by atoms with E-state index in [1.54, 1.807) is 6.20 Å². The maximum absolute atomic E-state index is 12.7. The molecule has 0 fully saturated rings. The molecule has 4 rings (SSSR count). The van der Waals surface area contributed by atoms with Crippen molar-refractivity contribution in [2.24, 2.45) is 0 Å². The molecule has 0 aliphatic rings. The first-order valence-electron chi connectivity index (χ1n) is 10.0. The van der Waals surface area contributed by atoms with Crippen LogP contribution in [-0.2, 0) is 11.3 Å². The highest BCUT2D eigenvalue weighted by atomic mass is 16.4. The molecule has 30 heavy (non-hydrogen) atoms. The van der Waals surface area contributed by atoms with Crippen molar-refractivity contribution in [2.75, 3.05) is 5.32 Å². The SMILES string of the molecule is CC[C@H](C(=O)Nc1ccc(-c2nc(Cn3cccn3)c(C)o2)cc1)c1ccccc1. The molecule has 6 heteroatoms. The predicted octanol–water partition coefficient (Wildman–Crippen LogP) is 5.03. The van der Waals surface area contributed by atoms with E-state index in [-0.39, 0.29) is 11.8 Å². The van der Waals surface area contributed by atoms with E-state index in [0.717, 1.165) is 34.7 Å². The minimum Gasteiger partial charge on any atom is -0.441 e. The van der Waals surface area contributed by atoms with E-state index in [4.69, 9.17) is 4.42 Å². The molecule has 2 heterocycles. The Labute approximate surface area is 175 Å². The van der Waals surface area contributed by atoms with Crippen LogP contribution in [-0.4, -0.2) is 20.7 Å². The predicted molar refractivity (Wildman–Crippen MR) is 116 cm³/mol. The molecule has 2 aromatic carbocycles. The van der Waals surface area contributed by atoms with Crippen molar-refractivity contribution < 1.29 is 9.21 Å². The lowest BCUT2D eigenvalue weighted by molar-refractivity contribution is -0.117. The molecular weight excluding hydrogens is 376 g/mol. The number of benzene rings is 2. The van der Waals surface area contributed by atoms with E-state index in [0.29, 0.717) is 12.4 Å². The summed E-state index contributed by atoms with van der Waals surface area (Å²) < 4.78 is 7.65. The molecule has 1 atom stereocenters. The van der Waals surface area contributed by atoms with Crippen molar-refractivity contribution >= 4 is 11.6 Å². The summed E-state index contributed by atoms with van der Waals surface area (Å²) >= 11 is 0. The van der Waals surface area contributed by atoms with Crippen molar-refractivity contribution in [2.45, 2.75) is 32.7 Å². The van der Waals surface area contributed by atoms with Gasteiger partial charge in [-0.15, -0.1) is 0 Å². The highest BCUT2D eigenvalue weighted by Gasteiger charge is 2.19. The minimum absolute atomic E-state index is 0.00933. The molecule has 0 saturated carbocycles. The van der Waals surface area contributed by atoms with Gasteiger partial charge in [0.05, 0.1) is 12.5 Å². The van der Waals surface area contributed by atoms with Crippen LogP contribution in [0.1, 0.15) is 36.3 Å². The van der Waals surface area contributed by atoms with Gasteiger partial charge in [-0.2, -0.15) is 5.10 Å². The molecule has 4 aromatic rings. The molecule has 1 N–H and O–H groups in total. The van der Waals surface area contributed by atoms with Gasteiger partial charge in [-0.1, -0.05) is 37.3 Å². The second kappa shape index (κ2) is 8.78. The molecule has 0 aliphatic carbocycles. The van der Waals surface area contributed by atoms with Gasteiger partial charge in [0.2, 0.25) is 11.8 Å². The number of nitrogens with one attached hydrogen (secondary N) is 1. The normalized spacial score (nSPS) is 11.9. The minimum atomic E-state index is -0.176. The fourth-order valence-corrected chi connectivity index (χ4v) is 3.43. The highest BCUT2D eigenvalue weighted by molar-refractivity contribution is 5.96. The number of aryl methyl sites for hydroxylation is 1. The van der Waals surface area contributed by atoms with Crippen LogP contribution in [0.4, 0.5) is 5.69 Å². The van der Waals surface area contributed by atoms with Gasteiger partial charge in [0.1, 0.15) is 11.5 Å². The summed E-state index contributed by atoms with van der Waals surface area (Å²) in [5.74, 6) is 1.14. The van der Waals surface area contributed by atoms with Crippen LogP contribution in [0, 0.1) is 6.92 Å². The van der Waals surface area contributed by atoms with Gasteiger partial charge in [0, 0.05) is 23.6 Å². The number of carbonyl (C=O) groups excluding carboxylic acids is 1. The monoisotopic (exact) mass is 400 g/mol. The summed E-state index contributed by atoms with van der Waals surface area (Å²) in [5.41, 5.74) is 3.48. The zero-order valence-corrected chi connectivity index (χ0v) is 17.1. The zero-order chi connectivity index (χ0) is 20.9. The number of amides is 1. The molecule has 152 valence electrons. The quantitative estimate of drug-likeness (QED) is 0.472. The fourth-order valence-electron chi connectivity index (χ4n) is 3.43. The van der Waals surface area contributed by atoms with E-state index in [2.05, 4.69) is 15.4 Å². The van der Waals surface area contributed by atoms with E-state index < -0.39 is 0 Å². The van der Waals surface area contributed by atoms with Crippen molar-refractivity contribution in [3.63, 3.8) is 0 Å². The highest BCUT2D eigenvalue weighted by Crippen LogP contribution is 2.25. The number of hydrogen-bond donors (Lipinski definition) is 1. The Kier molecular flexibility index (Phi) is 5.75. The first-order valence-corrected chi connectivity index (χ1v) is 10.0. The summed E-state index contributed by atoms with van der Waals surface area (Å²) in [6.45, 7) is 4.48. The lowest BCUT2D eigenvalue weighted by Gasteiger charge is -2.15. The van der Waals surface area contributed by atoms with Crippen LogP contribution < -0.4 is 5.32 Å². The lowest BCUT2D eigenvalue weighted by atomic mass is 9.95. The fraction of sp³-hybridized carbons (Fsp3) is 0.208. The summed E-state index contributed by atoms with van der Waals surface area (Å²) in [7, 11) is 0. The average Bonchev–Trinajstić information content (AvgIpc) is 3.40. The Morgan fingerprint density at radius 2 is 1.87 bits per heavy atom. The summed E-state index contributed by atoms with van der Waals surface area (Å²) in [6, 6.07) is 19.3. The molecule has 0 bridgehead atoms. The Bertz CT molecular complexity index is 1100. The third kappa shape index (κ3) is 4.33. The number of aromatic nitrogens is 3. The smallest absolute Gasteiger partial charge is 0.231 e. The molecule has 0 spiro atoms. The second-order valence-corrected chi connectivity index (χ2v) is 7.16. The van der Waals surface area contributed by atoms with Crippen LogP contribution in [0.5, 0.6) is 0 Å². The molecule has 0 aliphatic heterocycles. The molecule has 0 saturated heterocycles. The van der Waals surface area contributed by atoms with Crippen LogP contribution in [0.3, 0.4) is 0 Å². The number of oxazole rings is 1. The van der Waals surface area contributed by atoms with Gasteiger partial charge < -0.3 is 9.73 Å². The first kappa shape index (κ1) is 19.6. The van der Waals surface area contributed by atoms with Crippen molar-refractivity contribution in [1.82, 2.24) is 14.8 Å². The van der Waals surface area contributed by atoms with Gasteiger partial charge in [0.25, 0.3) is 0 Å². The Morgan fingerprint density at radius 3 is 2.53 bits per heavy atom. The summed E-state index contributed by atoms with van der Waals surface area (Å²) in [6.07, 6.45) is 4.37. The van der Waals surface area contributed by atoms with Crippen LogP contribution in [0.15, 0.2) is 77.5 Å². The van der Waals surface area contributed by atoms with Crippen molar-refractivity contribution in [1.29, 1.82) is 0 Å². The van der Waals surface area contributed by atoms with Crippen LogP contribution in [0.25, 0.3) is 11.5 Å². The molecule has 0 radical (unpaired) electrons. The number of hydrogen-bond acceptors (Lipinski definition) is 4. The molecule has 0 unspecified atom stereocenters. The van der Waals surface area contributed by atoms with Crippen LogP contribution >= 0.6 is 0 Å². The van der Waals surface area contributed by atoms with E-state index in [1.165, 1.54) is 0 Å². The summed E-state index contributed by atoms with van der Waals surface area (Å²) in [5, 5.41) is 7.23. The number of carbonyl (C=O) groups is 1. The third-order valence-corrected chi connectivity index (χ3v) is 5.09. The van der Waals surface area contributed by atoms with Gasteiger partial charge in [0.15, 0.2) is 0 Å². The molecule has 2 aromatic heterocycles. The van der Waals surface area contributed by atoms with E-state index in [9.17, 15) is 4.79 Å². The molecular formula is C24H24N4O2. The number of nitrogens with zero attached hydrogens (tertiary/aromatic N) is 3. The van der Waals surface area contributed by atoms with Gasteiger partial charge in [-0.3, -0.25) is 9.48 Å². The van der Waals surface area contributed by atoms with Gasteiger partial charge in [-0.25, -0.2) is 4.98 Å².